The van der Waals surface area contributed by atoms with Crippen LogP contribution in [0.1, 0.15) is 69.6 Å². The van der Waals surface area contributed by atoms with Crippen molar-refractivity contribution in [3.63, 3.8) is 0 Å². The first kappa shape index (κ1) is 34.0. The minimum absolute atomic E-state index is 0.217. The number of Topliss-reactive ketones (excluding diaryl/α,β-unsaturated/α-hetero) is 1. The summed E-state index contributed by atoms with van der Waals surface area (Å²) in [4.78, 5) is 55.2. The van der Waals surface area contributed by atoms with Gasteiger partial charge in [0.1, 0.15) is 11.7 Å². The highest BCUT2D eigenvalue weighted by atomic mass is 32.1. The highest BCUT2D eigenvalue weighted by Gasteiger charge is 2.30. The third-order valence-electron chi connectivity index (χ3n) is 5.90. The third kappa shape index (κ3) is 11.0. The van der Waals surface area contributed by atoms with Crippen LogP contribution >= 0.6 is 11.3 Å². The molecule has 2 rings (SSSR count). The molecule has 4 amide bonds. The van der Waals surface area contributed by atoms with Crippen LogP contribution < -0.4 is 15.5 Å². The standard InChI is InChI=1S/C21H27N5O4S.C9H14/c1-6-18(19(29)24-20-23-17(11-31-20)14(3)28)26(12-27)21(30)22-13(2)15-7-9-16(10-8-15)25(4)5;1-4-6-7-8-9(3)5-2/h7-13,18H,6H2,1-5H3,(H,22,30)(H,23,24,29);4,6-8H,1,5H2,2-3H3/b;7-6-,9-8+/t13?,18-;/m0./s1. The Hall–Kier alpha value is -4.05. The van der Waals surface area contributed by atoms with E-state index in [9.17, 15) is 19.2 Å². The minimum atomic E-state index is -1.02. The van der Waals surface area contributed by atoms with Crippen LogP contribution in [0.3, 0.4) is 0 Å². The molecule has 9 nitrogen and oxygen atoms in total. The molecule has 0 aliphatic rings. The number of hydrogen-bond acceptors (Lipinski definition) is 7. The Balaban J connectivity index is 0.000000763. The van der Waals surface area contributed by atoms with Crippen LogP contribution in [0.2, 0.25) is 0 Å². The van der Waals surface area contributed by atoms with E-state index in [0.29, 0.717) is 6.41 Å². The molecule has 0 saturated carbocycles. The van der Waals surface area contributed by atoms with E-state index in [1.807, 2.05) is 55.4 Å². The van der Waals surface area contributed by atoms with Gasteiger partial charge in [-0.05, 0) is 44.4 Å². The fraction of sp³-hybridized carbons (Fsp3) is 0.367. The van der Waals surface area contributed by atoms with Crippen molar-refractivity contribution in [2.75, 3.05) is 24.3 Å². The smallest absolute Gasteiger partial charge is 0.325 e. The van der Waals surface area contributed by atoms with E-state index in [1.54, 1.807) is 19.9 Å². The summed E-state index contributed by atoms with van der Waals surface area (Å²) < 4.78 is 0. The molecular formula is C30H41N5O4S. The molecule has 2 N–H and O–H groups in total. The van der Waals surface area contributed by atoms with Crippen LogP contribution in [0.15, 0.2) is 66.1 Å². The van der Waals surface area contributed by atoms with Gasteiger partial charge in [0, 0.05) is 32.1 Å². The fourth-order valence-corrected chi connectivity index (χ4v) is 4.03. The Labute approximate surface area is 241 Å². The van der Waals surface area contributed by atoms with Crippen molar-refractivity contribution in [3.8, 4) is 0 Å². The van der Waals surface area contributed by atoms with Crippen LogP contribution in [-0.2, 0) is 9.59 Å². The average Bonchev–Trinajstić information content (AvgIpc) is 3.40. The Bertz CT molecular complexity index is 1200. The molecule has 2 atom stereocenters. The number of carbonyl (C=O) groups is 4. The molecule has 1 unspecified atom stereocenters. The van der Waals surface area contributed by atoms with Gasteiger partial charge >= 0.3 is 6.03 Å². The summed E-state index contributed by atoms with van der Waals surface area (Å²) in [6.45, 7) is 12.7. The lowest BCUT2D eigenvalue weighted by molar-refractivity contribution is -0.127. The van der Waals surface area contributed by atoms with Crippen LogP contribution in [0, 0.1) is 0 Å². The molecule has 1 heterocycles. The number of urea groups is 1. The van der Waals surface area contributed by atoms with Crippen molar-refractivity contribution >= 4 is 46.3 Å². The maximum atomic E-state index is 12.7. The molecule has 0 radical (unpaired) electrons. The van der Waals surface area contributed by atoms with Crippen molar-refractivity contribution < 1.29 is 19.2 Å². The number of hydrogen-bond donors (Lipinski definition) is 2. The van der Waals surface area contributed by atoms with Crippen molar-refractivity contribution in [2.24, 2.45) is 0 Å². The van der Waals surface area contributed by atoms with E-state index in [-0.39, 0.29) is 29.1 Å². The van der Waals surface area contributed by atoms with Crippen molar-refractivity contribution in [2.45, 2.75) is 59.5 Å². The third-order valence-corrected chi connectivity index (χ3v) is 6.66. The first-order valence-electron chi connectivity index (χ1n) is 13.0. The Morgan fingerprint density at radius 2 is 1.75 bits per heavy atom. The van der Waals surface area contributed by atoms with E-state index < -0.39 is 18.0 Å². The van der Waals surface area contributed by atoms with E-state index in [4.69, 9.17) is 0 Å². The van der Waals surface area contributed by atoms with Gasteiger partial charge in [-0.15, -0.1) is 11.3 Å². The number of anilines is 2. The number of carbonyl (C=O) groups excluding carboxylic acids is 4. The van der Waals surface area contributed by atoms with Crippen LogP contribution in [0.5, 0.6) is 0 Å². The molecular weight excluding hydrogens is 526 g/mol. The first-order valence-corrected chi connectivity index (χ1v) is 13.9. The monoisotopic (exact) mass is 567 g/mol. The van der Waals surface area contributed by atoms with Crippen molar-refractivity contribution in [1.29, 1.82) is 0 Å². The van der Waals surface area contributed by atoms with Gasteiger partial charge in [0.15, 0.2) is 10.9 Å². The number of nitrogens with zero attached hydrogens (tertiary/aromatic N) is 3. The van der Waals surface area contributed by atoms with Gasteiger partial charge < -0.3 is 15.5 Å². The molecule has 0 fully saturated rings. The van der Waals surface area contributed by atoms with Crippen LogP contribution in [0.25, 0.3) is 0 Å². The maximum Gasteiger partial charge on any atom is 0.325 e. The normalized spacial score (nSPS) is 12.4. The topological polar surface area (TPSA) is 112 Å². The number of thiazole rings is 1. The lowest BCUT2D eigenvalue weighted by Crippen LogP contribution is -2.50. The second-order valence-corrected chi connectivity index (χ2v) is 10.0. The summed E-state index contributed by atoms with van der Waals surface area (Å²) in [6.07, 6.45) is 9.50. The lowest BCUT2D eigenvalue weighted by Gasteiger charge is -2.26. The fourth-order valence-electron chi connectivity index (χ4n) is 3.27. The zero-order chi connectivity index (χ0) is 30.2. The van der Waals surface area contributed by atoms with Crippen molar-refractivity contribution in [1.82, 2.24) is 15.2 Å². The zero-order valence-corrected chi connectivity index (χ0v) is 25.2. The number of imide groups is 1. The van der Waals surface area contributed by atoms with Gasteiger partial charge in [-0.2, -0.15) is 0 Å². The number of benzene rings is 1. The van der Waals surface area contributed by atoms with E-state index in [0.717, 1.165) is 33.9 Å². The molecule has 40 heavy (non-hydrogen) atoms. The molecule has 1 aromatic carbocycles. The largest absolute Gasteiger partial charge is 0.378 e. The number of amides is 4. The predicted molar refractivity (Wildman–Crippen MR) is 164 cm³/mol. The Morgan fingerprint density at radius 1 is 1.10 bits per heavy atom. The predicted octanol–water partition coefficient (Wildman–Crippen LogP) is 6.14. The average molecular weight is 568 g/mol. The number of nitrogens with one attached hydrogen (secondary N) is 2. The molecule has 2 aromatic rings. The molecule has 10 heteroatoms. The molecule has 0 aliphatic carbocycles. The highest BCUT2D eigenvalue weighted by molar-refractivity contribution is 7.14. The van der Waals surface area contributed by atoms with E-state index in [1.165, 1.54) is 17.9 Å². The second kappa shape index (κ2) is 17.5. The summed E-state index contributed by atoms with van der Waals surface area (Å²) in [5.74, 6) is -0.775. The summed E-state index contributed by atoms with van der Waals surface area (Å²) in [7, 11) is 3.87. The van der Waals surface area contributed by atoms with Gasteiger partial charge in [-0.25, -0.2) is 9.78 Å². The summed E-state index contributed by atoms with van der Waals surface area (Å²) in [5.41, 5.74) is 3.53. The number of ketones is 1. The van der Waals surface area contributed by atoms with Crippen molar-refractivity contribution in [3.05, 3.63) is 77.4 Å². The number of aromatic nitrogens is 1. The van der Waals surface area contributed by atoms with E-state index >= 15 is 0 Å². The highest BCUT2D eigenvalue weighted by Crippen LogP contribution is 2.19. The summed E-state index contributed by atoms with van der Waals surface area (Å²) in [5, 5.41) is 7.09. The van der Waals surface area contributed by atoms with Gasteiger partial charge in [0.05, 0.1) is 6.04 Å². The Kier molecular flexibility index (Phi) is 14.9. The van der Waals surface area contributed by atoms with Crippen LogP contribution in [0.4, 0.5) is 15.6 Å². The molecule has 216 valence electrons. The Morgan fingerprint density at radius 3 is 2.23 bits per heavy atom. The van der Waals surface area contributed by atoms with Gasteiger partial charge in [0.25, 0.3) is 0 Å². The summed E-state index contributed by atoms with van der Waals surface area (Å²) in [6, 6.07) is 5.58. The van der Waals surface area contributed by atoms with Crippen LogP contribution in [-0.4, -0.2) is 54.2 Å². The SMILES string of the molecule is C=C/C=C\C=C(/C)CC.CC[C@@H](C(=O)Nc1nc(C(C)=O)cs1)N(C=O)C(=O)NC(C)c1ccc(N(C)C)cc1. The molecule has 0 spiro atoms. The summed E-state index contributed by atoms with van der Waals surface area (Å²) >= 11 is 1.10. The van der Waals surface area contributed by atoms with Gasteiger partial charge in [0.2, 0.25) is 12.3 Å². The molecule has 0 aliphatic heterocycles. The minimum Gasteiger partial charge on any atom is -0.378 e. The van der Waals surface area contributed by atoms with Gasteiger partial charge in [-0.3, -0.25) is 19.3 Å². The lowest BCUT2D eigenvalue weighted by atomic mass is 10.1. The molecule has 1 aromatic heterocycles. The van der Waals surface area contributed by atoms with E-state index in [2.05, 4.69) is 42.1 Å². The molecule has 0 saturated heterocycles. The number of rotatable bonds is 12. The van der Waals surface area contributed by atoms with Gasteiger partial charge in [-0.1, -0.05) is 62.4 Å². The maximum absolute atomic E-state index is 12.7. The zero-order valence-electron chi connectivity index (χ0n) is 24.4. The first-order chi connectivity index (χ1) is 19.0. The second-order valence-electron chi connectivity index (χ2n) is 9.16. The molecule has 0 bridgehead atoms. The number of allylic oxidation sites excluding steroid dienone is 5. The quantitative estimate of drug-likeness (QED) is 0.181.